The summed E-state index contributed by atoms with van der Waals surface area (Å²) in [5.74, 6) is 0. The molecule has 0 spiro atoms. The van der Waals surface area contributed by atoms with E-state index in [1.165, 1.54) is 92.3 Å². The summed E-state index contributed by atoms with van der Waals surface area (Å²) in [5.41, 5.74) is 16.1. The van der Waals surface area contributed by atoms with Gasteiger partial charge in [-0.3, -0.25) is 0 Å². The van der Waals surface area contributed by atoms with E-state index in [4.69, 9.17) is 0 Å². The van der Waals surface area contributed by atoms with Crippen LogP contribution in [0.2, 0.25) is 0 Å². The van der Waals surface area contributed by atoms with E-state index in [2.05, 4.69) is 219 Å². The van der Waals surface area contributed by atoms with E-state index < -0.39 is 0 Å². The largest absolute Gasteiger partial charge is 0.308 e. The van der Waals surface area contributed by atoms with Gasteiger partial charge >= 0.3 is 0 Å². The van der Waals surface area contributed by atoms with E-state index in [1.807, 2.05) is 11.3 Å². The van der Waals surface area contributed by atoms with Crippen molar-refractivity contribution in [2.24, 2.45) is 0 Å². The molecule has 0 saturated heterocycles. The Morgan fingerprint density at radius 1 is 0.421 bits per heavy atom. The number of hydrogen-bond acceptors (Lipinski definition) is 2. The zero-order chi connectivity index (χ0) is 38.1. The molecule has 0 radical (unpaired) electrons. The van der Waals surface area contributed by atoms with E-state index >= 15 is 0 Å². The van der Waals surface area contributed by atoms with Gasteiger partial charge in [0.15, 0.2) is 0 Å². The van der Waals surface area contributed by atoms with Crippen LogP contribution in [-0.4, -0.2) is 0 Å². The summed E-state index contributed by atoms with van der Waals surface area (Å²) in [6, 6.07) is 73.8. The number of para-hydroxylation sites is 1. The number of benzene rings is 9. The molecule has 0 amide bonds. The van der Waals surface area contributed by atoms with Gasteiger partial charge in [0.25, 0.3) is 0 Å². The lowest BCUT2D eigenvalue weighted by Gasteiger charge is -2.30. The highest BCUT2D eigenvalue weighted by molar-refractivity contribution is 7.26. The molecule has 0 saturated carbocycles. The highest BCUT2D eigenvalue weighted by atomic mass is 32.1. The number of anilines is 3. The molecule has 0 unspecified atom stereocenters. The van der Waals surface area contributed by atoms with Crippen molar-refractivity contribution in [1.29, 1.82) is 0 Å². The van der Waals surface area contributed by atoms with E-state index in [0.29, 0.717) is 0 Å². The van der Waals surface area contributed by atoms with Gasteiger partial charge in [0, 0.05) is 32.1 Å². The maximum absolute atomic E-state index is 2.52. The zero-order valence-electron chi connectivity index (χ0n) is 31.9. The number of fused-ring (bicyclic) bond motifs is 7. The Morgan fingerprint density at radius 2 is 1.02 bits per heavy atom. The molecular formula is C55H39NS. The van der Waals surface area contributed by atoms with Crippen molar-refractivity contribution in [3.63, 3.8) is 0 Å². The van der Waals surface area contributed by atoms with Crippen LogP contribution >= 0.6 is 11.3 Å². The van der Waals surface area contributed by atoms with Crippen molar-refractivity contribution in [2.45, 2.75) is 19.3 Å². The summed E-state index contributed by atoms with van der Waals surface area (Å²) < 4.78 is 2.57. The summed E-state index contributed by atoms with van der Waals surface area (Å²) >= 11 is 1.88. The van der Waals surface area contributed by atoms with Crippen molar-refractivity contribution in [2.75, 3.05) is 4.90 Å². The Balaban J connectivity index is 1.17. The summed E-state index contributed by atoms with van der Waals surface area (Å²) in [5, 5.41) is 5.06. The summed E-state index contributed by atoms with van der Waals surface area (Å²) in [4.78, 5) is 2.52. The number of hydrogen-bond donors (Lipinski definition) is 0. The van der Waals surface area contributed by atoms with Gasteiger partial charge in [-0.15, -0.1) is 11.3 Å². The van der Waals surface area contributed by atoms with Crippen LogP contribution in [0.3, 0.4) is 0 Å². The van der Waals surface area contributed by atoms with Gasteiger partial charge in [0.05, 0.1) is 16.1 Å². The second-order valence-corrected chi connectivity index (χ2v) is 16.7. The molecule has 1 aromatic heterocycles. The SMILES string of the molecule is CC1(C)c2ccccc2-c2cccc(-c3cccc(N(c4ccccc4-c4cccc5cccc(-c6ccccc6)c45)c4cccc5c4sc4ccccc45)c3)c21. The fourth-order valence-corrected chi connectivity index (χ4v) is 10.7. The molecule has 270 valence electrons. The Bertz CT molecular complexity index is 3160. The third kappa shape index (κ3) is 5.29. The number of thiophene rings is 1. The second kappa shape index (κ2) is 13.2. The van der Waals surface area contributed by atoms with E-state index in [0.717, 1.165) is 11.4 Å². The molecule has 10 aromatic rings. The first-order valence-corrected chi connectivity index (χ1v) is 20.6. The van der Waals surface area contributed by atoms with Crippen molar-refractivity contribution in [1.82, 2.24) is 0 Å². The monoisotopic (exact) mass is 745 g/mol. The molecule has 1 aliphatic carbocycles. The molecule has 0 atom stereocenters. The third-order valence-electron chi connectivity index (χ3n) is 12.0. The van der Waals surface area contributed by atoms with Crippen LogP contribution in [-0.2, 0) is 5.41 Å². The minimum Gasteiger partial charge on any atom is -0.308 e. The van der Waals surface area contributed by atoms with Crippen molar-refractivity contribution in [3.05, 3.63) is 211 Å². The maximum Gasteiger partial charge on any atom is 0.0640 e. The van der Waals surface area contributed by atoms with Crippen LogP contribution in [0.5, 0.6) is 0 Å². The lowest BCUT2D eigenvalue weighted by atomic mass is 9.79. The molecule has 0 N–H and O–H groups in total. The Labute approximate surface area is 337 Å². The van der Waals surface area contributed by atoms with E-state index in [-0.39, 0.29) is 5.41 Å². The first-order valence-electron chi connectivity index (χ1n) is 19.8. The van der Waals surface area contributed by atoms with Crippen molar-refractivity contribution >= 4 is 59.3 Å². The molecule has 2 heteroatoms. The van der Waals surface area contributed by atoms with Gasteiger partial charge in [-0.2, -0.15) is 0 Å². The molecule has 0 aliphatic heterocycles. The Hall–Kier alpha value is -6.74. The van der Waals surface area contributed by atoms with Gasteiger partial charge in [0.2, 0.25) is 0 Å². The Morgan fingerprint density at radius 3 is 1.89 bits per heavy atom. The smallest absolute Gasteiger partial charge is 0.0640 e. The molecule has 1 nitrogen and oxygen atoms in total. The fraction of sp³-hybridized carbons (Fsp3) is 0.0545. The maximum atomic E-state index is 2.52. The molecule has 1 aliphatic rings. The first kappa shape index (κ1) is 33.6. The topological polar surface area (TPSA) is 3.24 Å². The summed E-state index contributed by atoms with van der Waals surface area (Å²) in [7, 11) is 0. The lowest BCUT2D eigenvalue weighted by molar-refractivity contribution is 0.662. The Kier molecular flexibility index (Phi) is 7.77. The lowest BCUT2D eigenvalue weighted by Crippen LogP contribution is -2.16. The molecule has 0 fully saturated rings. The molecule has 11 rings (SSSR count). The van der Waals surface area contributed by atoms with E-state index in [1.54, 1.807) is 0 Å². The highest BCUT2D eigenvalue weighted by Gasteiger charge is 2.37. The molecule has 1 heterocycles. The predicted molar refractivity (Wildman–Crippen MR) is 245 cm³/mol. The van der Waals surface area contributed by atoms with Gasteiger partial charge in [-0.05, 0) is 91.2 Å². The predicted octanol–water partition coefficient (Wildman–Crippen LogP) is 16.0. The minimum atomic E-state index is -0.127. The van der Waals surface area contributed by atoms with Crippen LogP contribution in [0, 0.1) is 0 Å². The number of nitrogens with zero attached hydrogens (tertiary/aromatic N) is 1. The van der Waals surface area contributed by atoms with Crippen LogP contribution < -0.4 is 4.90 Å². The third-order valence-corrected chi connectivity index (χ3v) is 13.3. The fourth-order valence-electron chi connectivity index (χ4n) is 9.54. The van der Waals surface area contributed by atoms with Crippen LogP contribution in [0.4, 0.5) is 17.1 Å². The van der Waals surface area contributed by atoms with Crippen LogP contribution in [0.1, 0.15) is 25.0 Å². The van der Waals surface area contributed by atoms with Crippen LogP contribution in [0.15, 0.2) is 200 Å². The standard InChI is InChI=1S/C55H39NS/c1-55(2)48-31-9-6-23-42(48)46-29-15-27-41(53(46)55)38-21-12-22-39(35-38)56(50-33-16-30-47-44-25-8-11-34-51(44)57-54(47)50)49-32-10-7-24-43(49)45-28-14-20-37-19-13-26-40(52(37)45)36-17-4-3-5-18-36/h3-35H,1-2H3. The highest BCUT2D eigenvalue weighted by Crippen LogP contribution is 2.53. The van der Waals surface area contributed by atoms with Gasteiger partial charge < -0.3 is 4.90 Å². The van der Waals surface area contributed by atoms with Gasteiger partial charge in [-0.1, -0.05) is 184 Å². The first-order chi connectivity index (χ1) is 28.1. The average molecular weight is 746 g/mol. The minimum absolute atomic E-state index is 0.127. The normalized spacial score (nSPS) is 12.9. The molecule has 0 bridgehead atoms. The second-order valence-electron chi connectivity index (χ2n) is 15.6. The zero-order valence-corrected chi connectivity index (χ0v) is 32.7. The number of rotatable bonds is 6. The molecule has 57 heavy (non-hydrogen) atoms. The van der Waals surface area contributed by atoms with Crippen molar-refractivity contribution < 1.29 is 0 Å². The van der Waals surface area contributed by atoms with E-state index in [9.17, 15) is 0 Å². The molecule has 9 aromatic carbocycles. The average Bonchev–Trinajstić information content (AvgIpc) is 3.77. The molecular weight excluding hydrogens is 707 g/mol. The van der Waals surface area contributed by atoms with Gasteiger partial charge in [0.1, 0.15) is 0 Å². The quantitative estimate of drug-likeness (QED) is 0.164. The van der Waals surface area contributed by atoms with Crippen molar-refractivity contribution in [3.8, 4) is 44.5 Å². The van der Waals surface area contributed by atoms with Crippen LogP contribution in [0.25, 0.3) is 75.5 Å². The summed E-state index contributed by atoms with van der Waals surface area (Å²) in [6.07, 6.45) is 0. The summed E-state index contributed by atoms with van der Waals surface area (Å²) in [6.45, 7) is 4.76. The van der Waals surface area contributed by atoms with Gasteiger partial charge in [-0.25, -0.2) is 0 Å².